The molecule has 0 radical (unpaired) electrons. The number of carboxylic acids is 1. The van der Waals surface area contributed by atoms with E-state index in [0.717, 1.165) is 16.7 Å². The molecule has 2 amide bonds. The van der Waals surface area contributed by atoms with Gasteiger partial charge in [0.1, 0.15) is 35.9 Å². The van der Waals surface area contributed by atoms with E-state index < -0.39 is 75.0 Å². The molecule has 0 bridgehead atoms. The van der Waals surface area contributed by atoms with E-state index in [0.29, 0.717) is 0 Å². The molecule has 2 aliphatic heterocycles. The zero-order valence-corrected chi connectivity index (χ0v) is 19.3. The van der Waals surface area contributed by atoms with E-state index in [1.54, 1.807) is 6.07 Å². The molecule has 1 fully saturated rings. The first-order chi connectivity index (χ1) is 15.9. The van der Waals surface area contributed by atoms with Crippen molar-refractivity contribution in [3.05, 3.63) is 47.2 Å². The lowest BCUT2D eigenvalue weighted by Crippen LogP contribution is -2.71. The third-order valence-electron chi connectivity index (χ3n) is 4.99. The average Bonchev–Trinajstić information content (AvgIpc) is 2.74. The molecule has 0 spiro atoms. The molecule has 3 N–H and O–H groups in total. The molecule has 0 saturated carbocycles. The fraction of sp³-hybridized carbons (Fsp3) is 0.350. The fourth-order valence-electron chi connectivity index (χ4n) is 3.53. The van der Waals surface area contributed by atoms with Crippen LogP contribution < -0.4 is 5.32 Å². The molecule has 2 unspecified atom stereocenters. The van der Waals surface area contributed by atoms with Gasteiger partial charge in [-0.05, 0) is 12.5 Å². The van der Waals surface area contributed by atoms with Gasteiger partial charge in [-0.15, -0.1) is 11.8 Å². The van der Waals surface area contributed by atoms with Crippen LogP contribution in [0.5, 0.6) is 0 Å². The summed E-state index contributed by atoms with van der Waals surface area (Å²) in [5.74, 6) is -4.63. The van der Waals surface area contributed by atoms with Crippen molar-refractivity contribution >= 4 is 51.4 Å². The summed E-state index contributed by atoms with van der Waals surface area (Å²) in [5, 5.41) is 9.08. The lowest BCUT2D eigenvalue weighted by atomic mass is 10.0. The van der Waals surface area contributed by atoms with Gasteiger partial charge in [0.05, 0.1) is 0 Å². The number of ether oxygens (including phenoxy) is 1. The standard InChI is InChI=1S/C20H20N2O10S2/c1-10(23)7-13(24)32-8-12-9-33-19-14(18(26)22(19)15(12)20(27)28)21-17(25)16(34(29,30)31)11-5-3-2-4-6-11/h2-6,14,16,19H,7-9H2,1H3,(H,21,25)(H,27,28)(H,29,30,31)/t14?,16?,19-/m0/s1. The summed E-state index contributed by atoms with van der Waals surface area (Å²) in [6.07, 6.45) is -0.474. The van der Waals surface area contributed by atoms with Crippen LogP contribution in [0.4, 0.5) is 0 Å². The molecule has 12 nitrogen and oxygen atoms in total. The number of Topliss-reactive ketones (excluding diaryl/α,β-unsaturated/α-hetero) is 1. The van der Waals surface area contributed by atoms with Crippen molar-refractivity contribution in [2.24, 2.45) is 0 Å². The molecule has 3 atom stereocenters. The first kappa shape index (κ1) is 25.4. The first-order valence-electron chi connectivity index (χ1n) is 9.78. The van der Waals surface area contributed by atoms with Crippen LogP contribution >= 0.6 is 11.8 Å². The van der Waals surface area contributed by atoms with Gasteiger partial charge < -0.3 is 15.2 Å². The van der Waals surface area contributed by atoms with Crippen LogP contribution in [0.25, 0.3) is 0 Å². The van der Waals surface area contributed by atoms with E-state index in [4.69, 9.17) is 4.74 Å². The summed E-state index contributed by atoms with van der Waals surface area (Å²) in [4.78, 5) is 60.8. The summed E-state index contributed by atoms with van der Waals surface area (Å²) in [6.45, 7) is 0.759. The van der Waals surface area contributed by atoms with E-state index in [1.165, 1.54) is 31.2 Å². The predicted octanol–water partition coefficient (Wildman–Crippen LogP) is -0.124. The molecule has 0 aromatic heterocycles. The normalized spacial score (nSPS) is 20.6. The van der Waals surface area contributed by atoms with E-state index in [9.17, 15) is 42.0 Å². The number of benzene rings is 1. The first-order valence-corrected chi connectivity index (χ1v) is 12.3. The highest BCUT2D eigenvalue weighted by atomic mass is 32.2. The number of β-lactam (4-membered cyclic amide) rings is 1. The van der Waals surface area contributed by atoms with Gasteiger partial charge in [-0.1, -0.05) is 30.3 Å². The van der Waals surface area contributed by atoms with Gasteiger partial charge in [0, 0.05) is 11.3 Å². The van der Waals surface area contributed by atoms with Gasteiger partial charge >= 0.3 is 11.9 Å². The highest BCUT2D eigenvalue weighted by Crippen LogP contribution is 2.40. The number of carboxylic acid groups (broad SMARTS) is 1. The Morgan fingerprint density at radius 3 is 2.44 bits per heavy atom. The number of hydrogen-bond acceptors (Lipinski definition) is 9. The number of esters is 1. The number of aliphatic carboxylic acids is 1. The molecule has 0 aliphatic carbocycles. The molecule has 3 rings (SSSR count). The summed E-state index contributed by atoms with van der Waals surface area (Å²) in [7, 11) is -4.87. The lowest BCUT2D eigenvalue weighted by molar-refractivity contribution is -0.151. The monoisotopic (exact) mass is 512 g/mol. The number of thioether (sulfide) groups is 1. The highest BCUT2D eigenvalue weighted by molar-refractivity contribution is 8.00. The number of carbonyl (C=O) groups excluding carboxylic acids is 4. The number of fused-ring (bicyclic) bond motifs is 1. The number of hydrogen-bond donors (Lipinski definition) is 3. The second-order valence-electron chi connectivity index (χ2n) is 7.50. The maximum atomic E-state index is 12.7. The fourth-order valence-corrected chi connectivity index (χ4v) is 5.70. The van der Waals surface area contributed by atoms with Crippen LogP contribution in [0.3, 0.4) is 0 Å². The maximum absolute atomic E-state index is 12.7. The number of amides is 2. The molecule has 1 saturated heterocycles. The largest absolute Gasteiger partial charge is 0.477 e. The molecular formula is C20H20N2O10S2. The summed E-state index contributed by atoms with van der Waals surface area (Å²) in [5.41, 5.74) is -0.295. The van der Waals surface area contributed by atoms with E-state index in [1.807, 2.05) is 0 Å². The van der Waals surface area contributed by atoms with Crippen molar-refractivity contribution in [3.63, 3.8) is 0 Å². The van der Waals surface area contributed by atoms with Gasteiger partial charge in [0.25, 0.3) is 16.0 Å². The minimum Gasteiger partial charge on any atom is -0.477 e. The van der Waals surface area contributed by atoms with Gasteiger partial charge in [-0.3, -0.25) is 28.6 Å². The minimum atomic E-state index is -4.87. The van der Waals surface area contributed by atoms with Crippen molar-refractivity contribution in [1.29, 1.82) is 0 Å². The quantitative estimate of drug-likeness (QED) is 0.173. The molecule has 34 heavy (non-hydrogen) atoms. The van der Waals surface area contributed by atoms with Crippen LogP contribution in [-0.2, 0) is 38.8 Å². The van der Waals surface area contributed by atoms with Crippen molar-refractivity contribution in [3.8, 4) is 0 Å². The third kappa shape index (κ3) is 5.29. The zero-order valence-electron chi connectivity index (χ0n) is 17.7. The Bertz CT molecular complexity index is 1180. The van der Waals surface area contributed by atoms with Crippen molar-refractivity contribution in [2.75, 3.05) is 12.4 Å². The second kappa shape index (κ2) is 9.95. The van der Waals surface area contributed by atoms with Crippen molar-refractivity contribution < 1.29 is 46.8 Å². The number of carbonyl (C=O) groups is 5. The number of ketones is 1. The second-order valence-corrected chi connectivity index (χ2v) is 10.1. The Kier molecular flexibility index (Phi) is 7.43. The lowest BCUT2D eigenvalue weighted by Gasteiger charge is -2.49. The maximum Gasteiger partial charge on any atom is 0.352 e. The van der Waals surface area contributed by atoms with E-state index in [-0.39, 0.29) is 16.9 Å². The molecular weight excluding hydrogens is 492 g/mol. The summed E-state index contributed by atoms with van der Waals surface area (Å²) >= 11 is 1.08. The molecule has 2 aliphatic rings. The Hall–Kier alpha value is -3.23. The Morgan fingerprint density at radius 2 is 1.88 bits per heavy atom. The smallest absolute Gasteiger partial charge is 0.352 e. The van der Waals surface area contributed by atoms with Crippen LogP contribution in [0, 0.1) is 0 Å². The molecule has 1 aromatic rings. The third-order valence-corrected chi connectivity index (χ3v) is 7.41. The van der Waals surface area contributed by atoms with Crippen LogP contribution in [0.2, 0.25) is 0 Å². The summed E-state index contributed by atoms with van der Waals surface area (Å²) < 4.78 is 38.2. The van der Waals surface area contributed by atoms with E-state index >= 15 is 0 Å². The van der Waals surface area contributed by atoms with Gasteiger partial charge in [0.2, 0.25) is 5.91 Å². The van der Waals surface area contributed by atoms with Crippen LogP contribution in [-0.4, -0.2) is 76.3 Å². The predicted molar refractivity (Wildman–Crippen MR) is 117 cm³/mol. The van der Waals surface area contributed by atoms with Crippen molar-refractivity contribution in [2.45, 2.75) is 30.0 Å². The molecule has 182 valence electrons. The minimum absolute atomic E-state index is 0.0109. The summed E-state index contributed by atoms with van der Waals surface area (Å²) in [6, 6.07) is 5.95. The number of nitrogens with one attached hydrogen (secondary N) is 1. The van der Waals surface area contributed by atoms with Gasteiger partial charge in [-0.2, -0.15) is 8.42 Å². The van der Waals surface area contributed by atoms with Gasteiger partial charge in [-0.25, -0.2) is 4.79 Å². The zero-order chi connectivity index (χ0) is 25.2. The van der Waals surface area contributed by atoms with Gasteiger partial charge in [0.15, 0.2) is 5.25 Å². The van der Waals surface area contributed by atoms with Crippen molar-refractivity contribution in [1.82, 2.24) is 10.2 Å². The number of nitrogens with zero attached hydrogens (tertiary/aromatic N) is 1. The topological polar surface area (TPSA) is 184 Å². The Morgan fingerprint density at radius 1 is 1.24 bits per heavy atom. The van der Waals surface area contributed by atoms with E-state index in [2.05, 4.69) is 5.32 Å². The molecule has 14 heteroatoms. The average molecular weight is 513 g/mol. The van der Waals surface area contributed by atoms with Crippen LogP contribution in [0.1, 0.15) is 24.2 Å². The molecule has 2 heterocycles. The number of rotatable bonds is 9. The SMILES string of the molecule is CC(=O)CC(=O)OCC1=C(C(=O)O)N2C(=O)C(NC(=O)C(c3ccccc3)S(=O)(=O)O)[C@@H]2SC1. The highest BCUT2D eigenvalue weighted by Gasteiger charge is 2.55. The molecule has 1 aromatic carbocycles. The van der Waals surface area contributed by atoms with Crippen LogP contribution in [0.15, 0.2) is 41.6 Å². The Labute approximate surface area is 198 Å². The Balaban J connectivity index is 1.77.